The quantitative estimate of drug-likeness (QED) is 0.933. The Bertz CT molecular complexity index is 504. The van der Waals surface area contributed by atoms with Crippen LogP contribution < -0.4 is 5.32 Å². The van der Waals surface area contributed by atoms with Crippen molar-refractivity contribution in [2.24, 2.45) is 0 Å². The van der Waals surface area contributed by atoms with Crippen LogP contribution in [0.3, 0.4) is 0 Å². The van der Waals surface area contributed by atoms with Crippen molar-refractivity contribution >= 4 is 27.8 Å². The molecule has 1 N–H and O–H groups in total. The van der Waals surface area contributed by atoms with Gasteiger partial charge in [0.25, 0.3) is 0 Å². The third-order valence-corrected chi connectivity index (χ3v) is 3.90. The number of aryl methyl sites for hydroxylation is 1. The van der Waals surface area contributed by atoms with Gasteiger partial charge in [0, 0.05) is 6.54 Å². The molecule has 0 unspecified atom stereocenters. The van der Waals surface area contributed by atoms with Gasteiger partial charge >= 0.3 is 6.18 Å². The van der Waals surface area contributed by atoms with Crippen LogP contribution in [0, 0.1) is 6.92 Å². The van der Waals surface area contributed by atoms with Crippen LogP contribution in [0.5, 0.6) is 0 Å². The van der Waals surface area contributed by atoms with E-state index in [9.17, 15) is 13.2 Å². The molecule has 0 atom stereocenters. The number of thiophene rings is 1. The fourth-order valence-corrected chi connectivity index (χ4v) is 2.61. The lowest BCUT2D eigenvalue weighted by molar-refractivity contribution is -0.138. The molecule has 3 nitrogen and oxygen atoms in total. The van der Waals surface area contributed by atoms with Gasteiger partial charge in [-0.1, -0.05) is 11.3 Å². The van der Waals surface area contributed by atoms with E-state index in [1.165, 1.54) is 0 Å². The van der Waals surface area contributed by atoms with E-state index in [4.69, 9.17) is 0 Å². The van der Waals surface area contributed by atoms with Gasteiger partial charge in [0.1, 0.15) is 0 Å². The summed E-state index contributed by atoms with van der Waals surface area (Å²) in [4.78, 5) is 0. The Kier molecular flexibility index (Phi) is 3.34. The summed E-state index contributed by atoms with van der Waals surface area (Å²) in [6.07, 6.45) is -4.42. The van der Waals surface area contributed by atoms with Crippen LogP contribution in [0.4, 0.5) is 18.3 Å². The lowest BCUT2D eigenvalue weighted by Crippen LogP contribution is -2.03. The third kappa shape index (κ3) is 2.95. The Morgan fingerprint density at radius 3 is 2.59 bits per heavy atom. The van der Waals surface area contributed by atoms with Crippen LogP contribution in [-0.4, -0.2) is 10.2 Å². The Hall–Kier alpha value is -1.15. The molecule has 0 saturated carbocycles. The van der Waals surface area contributed by atoms with Crippen molar-refractivity contribution in [2.45, 2.75) is 19.6 Å². The number of hydrogen-bond acceptors (Lipinski definition) is 5. The second kappa shape index (κ2) is 4.61. The van der Waals surface area contributed by atoms with Crippen molar-refractivity contribution in [3.05, 3.63) is 26.9 Å². The smallest absolute Gasteiger partial charge is 0.356 e. The summed E-state index contributed by atoms with van der Waals surface area (Å²) in [6.45, 7) is 2.41. The van der Waals surface area contributed by atoms with Gasteiger partial charge in [0.05, 0.1) is 0 Å². The number of aromatic nitrogens is 2. The third-order valence-electron chi connectivity index (χ3n) is 2.06. The second-order valence-corrected chi connectivity index (χ2v) is 5.06. The molecule has 0 bridgehead atoms. The van der Waals surface area contributed by atoms with E-state index < -0.39 is 11.2 Å². The summed E-state index contributed by atoms with van der Waals surface area (Å²) in [5.74, 6) is 0. The molecule has 0 saturated heterocycles. The number of alkyl halides is 3. The minimum Gasteiger partial charge on any atom is -0.356 e. The predicted molar refractivity (Wildman–Crippen MR) is 61.3 cm³/mol. The molecule has 92 valence electrons. The van der Waals surface area contributed by atoms with Crippen LogP contribution >= 0.6 is 22.7 Å². The predicted octanol–water partition coefficient (Wildman–Crippen LogP) is 3.54. The zero-order valence-electron chi connectivity index (χ0n) is 8.71. The highest BCUT2D eigenvalue weighted by atomic mass is 32.1. The maximum absolute atomic E-state index is 12.3. The molecule has 0 spiro atoms. The van der Waals surface area contributed by atoms with Crippen molar-refractivity contribution in [3.8, 4) is 0 Å². The highest BCUT2D eigenvalue weighted by molar-refractivity contribution is 7.15. The monoisotopic (exact) mass is 279 g/mol. The molecule has 8 heteroatoms. The van der Waals surface area contributed by atoms with E-state index in [2.05, 4.69) is 15.5 Å². The highest BCUT2D eigenvalue weighted by Gasteiger charge is 2.35. The summed E-state index contributed by atoms with van der Waals surface area (Å²) in [7, 11) is 0. The molecule has 0 fully saturated rings. The molecule has 17 heavy (non-hydrogen) atoms. The summed E-state index contributed by atoms with van der Waals surface area (Å²) in [5, 5.41) is 12.6. The molecular formula is C9H8F3N3S2. The van der Waals surface area contributed by atoms with Gasteiger partial charge in [0.2, 0.25) is 10.1 Å². The first-order chi connectivity index (χ1) is 7.97. The number of nitrogens with one attached hydrogen (secondary N) is 1. The van der Waals surface area contributed by atoms with E-state index in [0.717, 1.165) is 11.1 Å². The Balaban J connectivity index is 2.01. The molecule has 0 aliphatic rings. The average molecular weight is 279 g/mol. The van der Waals surface area contributed by atoms with Gasteiger partial charge in [-0.25, -0.2) is 0 Å². The topological polar surface area (TPSA) is 37.8 Å². The summed E-state index contributed by atoms with van der Waals surface area (Å²) >= 11 is 2.07. The molecule has 2 heterocycles. The molecule has 0 aliphatic carbocycles. The van der Waals surface area contributed by atoms with Crippen molar-refractivity contribution in [3.63, 3.8) is 0 Å². The molecular weight excluding hydrogens is 271 g/mol. The van der Waals surface area contributed by atoms with E-state index in [1.54, 1.807) is 11.3 Å². The van der Waals surface area contributed by atoms with Crippen LogP contribution in [-0.2, 0) is 12.7 Å². The minimum absolute atomic E-state index is 0.183. The fraction of sp³-hybridized carbons (Fsp3) is 0.333. The minimum atomic E-state index is -4.42. The van der Waals surface area contributed by atoms with Crippen LogP contribution in [0.15, 0.2) is 10.8 Å². The van der Waals surface area contributed by atoms with Crippen molar-refractivity contribution < 1.29 is 13.2 Å². The van der Waals surface area contributed by atoms with E-state index in [0.29, 0.717) is 17.9 Å². The SMILES string of the molecule is Cc1cscc1CNc1nnc(C(F)(F)F)s1. The van der Waals surface area contributed by atoms with Gasteiger partial charge < -0.3 is 5.32 Å². The zero-order chi connectivity index (χ0) is 12.5. The van der Waals surface area contributed by atoms with Crippen LogP contribution in [0.25, 0.3) is 0 Å². The van der Waals surface area contributed by atoms with Gasteiger partial charge in [-0.15, -0.1) is 10.2 Å². The normalized spacial score (nSPS) is 11.8. The Labute approximate surface area is 103 Å². The van der Waals surface area contributed by atoms with E-state index in [-0.39, 0.29) is 5.13 Å². The lowest BCUT2D eigenvalue weighted by Gasteiger charge is -2.01. The van der Waals surface area contributed by atoms with E-state index >= 15 is 0 Å². The number of anilines is 1. The first kappa shape index (κ1) is 12.3. The summed E-state index contributed by atoms with van der Waals surface area (Å²) in [5.41, 5.74) is 2.17. The standard InChI is InChI=1S/C9H8F3N3S2/c1-5-3-16-4-6(5)2-13-8-15-14-7(17-8)9(10,11)12/h3-4H,2H2,1H3,(H,13,15). The Morgan fingerprint density at radius 1 is 1.29 bits per heavy atom. The van der Waals surface area contributed by atoms with Crippen molar-refractivity contribution in [1.82, 2.24) is 10.2 Å². The number of halogens is 3. The summed E-state index contributed by atoms with van der Waals surface area (Å²) in [6, 6.07) is 0. The van der Waals surface area contributed by atoms with Crippen molar-refractivity contribution in [2.75, 3.05) is 5.32 Å². The maximum atomic E-state index is 12.3. The van der Waals surface area contributed by atoms with E-state index in [1.807, 2.05) is 17.7 Å². The average Bonchev–Trinajstić information content (AvgIpc) is 2.82. The number of rotatable bonds is 3. The highest BCUT2D eigenvalue weighted by Crippen LogP contribution is 2.33. The molecule has 2 rings (SSSR count). The lowest BCUT2D eigenvalue weighted by atomic mass is 10.2. The molecule has 0 aromatic carbocycles. The van der Waals surface area contributed by atoms with Gasteiger partial charge in [-0.05, 0) is 28.8 Å². The first-order valence-electron chi connectivity index (χ1n) is 4.63. The largest absolute Gasteiger partial charge is 0.445 e. The number of hydrogen-bond donors (Lipinski definition) is 1. The second-order valence-electron chi connectivity index (χ2n) is 3.34. The fourth-order valence-electron chi connectivity index (χ4n) is 1.15. The first-order valence-corrected chi connectivity index (χ1v) is 6.39. The molecule has 2 aromatic heterocycles. The molecule has 0 amide bonds. The van der Waals surface area contributed by atoms with Crippen molar-refractivity contribution in [1.29, 1.82) is 0 Å². The summed E-state index contributed by atoms with van der Waals surface area (Å²) < 4.78 is 36.8. The van der Waals surface area contributed by atoms with Gasteiger partial charge in [0.15, 0.2) is 0 Å². The van der Waals surface area contributed by atoms with Crippen LogP contribution in [0.2, 0.25) is 0 Å². The van der Waals surface area contributed by atoms with Gasteiger partial charge in [-0.2, -0.15) is 24.5 Å². The zero-order valence-corrected chi connectivity index (χ0v) is 10.3. The van der Waals surface area contributed by atoms with Crippen LogP contribution in [0.1, 0.15) is 16.1 Å². The molecule has 0 radical (unpaired) electrons. The maximum Gasteiger partial charge on any atom is 0.445 e. The Morgan fingerprint density at radius 2 is 2.06 bits per heavy atom. The molecule has 2 aromatic rings. The van der Waals surface area contributed by atoms with Gasteiger partial charge in [-0.3, -0.25) is 0 Å². The number of nitrogens with zero attached hydrogens (tertiary/aromatic N) is 2. The molecule has 0 aliphatic heterocycles.